The Morgan fingerprint density at radius 3 is 2.53 bits per heavy atom. The molecule has 0 saturated carbocycles. The van der Waals surface area contributed by atoms with Crippen molar-refractivity contribution in [2.24, 2.45) is 0 Å². The average molecular weight is 398 g/mol. The van der Waals surface area contributed by atoms with Gasteiger partial charge < -0.3 is 15.2 Å². The second-order valence-corrected chi connectivity index (χ2v) is 6.83. The van der Waals surface area contributed by atoms with E-state index in [1.165, 1.54) is 5.56 Å². The molecular weight excluding hydrogens is 376 g/mol. The van der Waals surface area contributed by atoms with Gasteiger partial charge in [0.2, 0.25) is 0 Å². The Morgan fingerprint density at radius 1 is 1.00 bits per heavy atom. The average Bonchev–Trinajstić information content (AvgIpc) is 3.31. The summed E-state index contributed by atoms with van der Waals surface area (Å²) in [7, 11) is 1.57. The molecule has 7 heteroatoms. The number of hydrogen-bond donors (Lipinski definition) is 2. The maximum absolute atomic E-state index is 11.6. The van der Waals surface area contributed by atoms with Gasteiger partial charge in [-0.25, -0.2) is 4.98 Å². The highest BCUT2D eigenvalue weighted by Crippen LogP contribution is 2.25. The molecule has 0 fully saturated rings. The molecule has 0 atom stereocenters. The lowest BCUT2D eigenvalue weighted by Gasteiger charge is -2.12. The normalized spacial score (nSPS) is 10.6. The third-order valence-electron chi connectivity index (χ3n) is 4.79. The van der Waals surface area contributed by atoms with E-state index < -0.39 is 0 Å². The molecule has 0 aliphatic rings. The highest BCUT2D eigenvalue weighted by Gasteiger charge is 2.08. The van der Waals surface area contributed by atoms with Gasteiger partial charge in [0.05, 0.1) is 6.33 Å². The molecule has 4 aromatic rings. The first kappa shape index (κ1) is 19.3. The summed E-state index contributed by atoms with van der Waals surface area (Å²) in [5.41, 5.74) is 4.98. The Balaban J connectivity index is 1.46. The minimum absolute atomic E-state index is 0.254. The van der Waals surface area contributed by atoms with Crippen molar-refractivity contribution in [3.8, 4) is 11.1 Å². The fourth-order valence-corrected chi connectivity index (χ4v) is 3.20. The maximum Gasteiger partial charge on any atom is 0.271 e. The summed E-state index contributed by atoms with van der Waals surface area (Å²) in [5.74, 6) is 0.365. The van der Waals surface area contributed by atoms with Gasteiger partial charge in [-0.05, 0) is 34.4 Å². The van der Waals surface area contributed by atoms with E-state index in [9.17, 15) is 4.79 Å². The van der Waals surface area contributed by atoms with Crippen molar-refractivity contribution in [3.05, 3.63) is 96.2 Å². The third-order valence-corrected chi connectivity index (χ3v) is 4.79. The molecule has 0 aliphatic heterocycles. The molecule has 2 heterocycles. The Bertz CT molecular complexity index is 1110. The fourth-order valence-electron chi connectivity index (χ4n) is 3.20. The number of carbonyl (C=O) groups excluding carboxylic acids is 1. The van der Waals surface area contributed by atoms with Crippen LogP contribution in [0.1, 0.15) is 21.6 Å². The maximum atomic E-state index is 11.6. The van der Waals surface area contributed by atoms with E-state index in [-0.39, 0.29) is 5.91 Å². The summed E-state index contributed by atoms with van der Waals surface area (Å²) >= 11 is 0. The molecule has 0 aliphatic carbocycles. The summed E-state index contributed by atoms with van der Waals surface area (Å²) in [6.07, 6.45) is 5.56. The lowest BCUT2D eigenvalue weighted by Crippen LogP contribution is -2.19. The van der Waals surface area contributed by atoms with Crippen LogP contribution < -0.4 is 10.6 Å². The van der Waals surface area contributed by atoms with Crippen molar-refractivity contribution in [1.82, 2.24) is 25.1 Å². The quantitative estimate of drug-likeness (QED) is 0.499. The molecule has 150 valence electrons. The van der Waals surface area contributed by atoms with Crippen LogP contribution in [0, 0.1) is 0 Å². The van der Waals surface area contributed by atoms with Gasteiger partial charge in [-0.15, -0.1) is 10.2 Å². The van der Waals surface area contributed by atoms with E-state index in [0.717, 1.165) is 23.2 Å². The molecule has 0 bridgehead atoms. The molecule has 7 nitrogen and oxygen atoms in total. The molecule has 0 spiro atoms. The molecule has 2 aromatic carbocycles. The smallest absolute Gasteiger partial charge is 0.271 e. The summed E-state index contributed by atoms with van der Waals surface area (Å²) in [6, 6.07) is 20.2. The van der Waals surface area contributed by atoms with Crippen molar-refractivity contribution in [1.29, 1.82) is 0 Å². The van der Waals surface area contributed by atoms with Gasteiger partial charge in [0.25, 0.3) is 5.91 Å². The van der Waals surface area contributed by atoms with Crippen molar-refractivity contribution in [2.45, 2.75) is 13.1 Å². The second kappa shape index (κ2) is 9.00. The first-order valence-corrected chi connectivity index (χ1v) is 9.65. The van der Waals surface area contributed by atoms with E-state index in [1.54, 1.807) is 25.4 Å². The number of nitrogens with one attached hydrogen (secondary N) is 2. The van der Waals surface area contributed by atoms with E-state index >= 15 is 0 Å². The summed E-state index contributed by atoms with van der Waals surface area (Å²) in [5, 5.41) is 13.8. The van der Waals surface area contributed by atoms with Crippen LogP contribution in [-0.2, 0) is 13.1 Å². The Morgan fingerprint density at radius 2 is 1.83 bits per heavy atom. The lowest BCUT2D eigenvalue weighted by molar-refractivity contribution is 0.0957. The molecule has 4 rings (SSSR count). The zero-order valence-electron chi connectivity index (χ0n) is 16.6. The van der Waals surface area contributed by atoms with Crippen molar-refractivity contribution in [3.63, 3.8) is 0 Å². The van der Waals surface area contributed by atoms with E-state index in [2.05, 4.69) is 62.2 Å². The fraction of sp³-hybridized carbons (Fsp3) is 0.130. The van der Waals surface area contributed by atoms with E-state index in [4.69, 9.17) is 0 Å². The first-order chi connectivity index (χ1) is 14.7. The zero-order chi connectivity index (χ0) is 20.8. The highest BCUT2D eigenvalue weighted by atomic mass is 16.1. The summed E-state index contributed by atoms with van der Waals surface area (Å²) < 4.78 is 2.04. The van der Waals surface area contributed by atoms with Crippen LogP contribution in [0.4, 0.5) is 5.82 Å². The number of imidazole rings is 1. The Hall–Kier alpha value is -4.00. The molecule has 0 unspecified atom stereocenters. The predicted molar refractivity (Wildman–Crippen MR) is 116 cm³/mol. The van der Waals surface area contributed by atoms with Gasteiger partial charge in [0, 0.05) is 32.5 Å². The van der Waals surface area contributed by atoms with Gasteiger partial charge in [-0.2, -0.15) is 0 Å². The van der Waals surface area contributed by atoms with Gasteiger partial charge in [-0.1, -0.05) is 48.5 Å². The van der Waals surface area contributed by atoms with Crippen LogP contribution in [0.5, 0.6) is 0 Å². The molecule has 0 radical (unpaired) electrons. The van der Waals surface area contributed by atoms with Crippen molar-refractivity contribution < 1.29 is 4.79 Å². The molecule has 2 N–H and O–H groups in total. The van der Waals surface area contributed by atoms with Crippen molar-refractivity contribution >= 4 is 11.7 Å². The number of rotatable bonds is 7. The van der Waals surface area contributed by atoms with Gasteiger partial charge in [-0.3, -0.25) is 4.79 Å². The number of carbonyl (C=O) groups is 1. The Labute approximate surface area is 174 Å². The molecular formula is C23H22N6O. The van der Waals surface area contributed by atoms with Crippen LogP contribution in [-0.4, -0.2) is 32.7 Å². The monoisotopic (exact) mass is 398 g/mol. The summed E-state index contributed by atoms with van der Waals surface area (Å²) in [4.78, 5) is 15.7. The second-order valence-electron chi connectivity index (χ2n) is 6.83. The zero-order valence-corrected chi connectivity index (χ0v) is 16.6. The number of anilines is 1. The van der Waals surface area contributed by atoms with Crippen LogP contribution in [0.15, 0.2) is 79.4 Å². The first-order valence-electron chi connectivity index (χ1n) is 9.65. The Kier molecular flexibility index (Phi) is 5.80. The van der Waals surface area contributed by atoms with Gasteiger partial charge in [0.1, 0.15) is 5.82 Å². The van der Waals surface area contributed by atoms with Crippen LogP contribution in [0.3, 0.4) is 0 Å². The number of aromatic nitrogens is 4. The number of benzene rings is 2. The van der Waals surface area contributed by atoms with Crippen LogP contribution in [0.2, 0.25) is 0 Å². The van der Waals surface area contributed by atoms with Gasteiger partial charge >= 0.3 is 0 Å². The minimum Gasteiger partial charge on any atom is -0.364 e. The highest BCUT2D eigenvalue weighted by molar-refractivity contribution is 5.91. The van der Waals surface area contributed by atoms with E-state index in [0.29, 0.717) is 18.1 Å². The standard InChI is InChI=1S/C23H22N6O/c1-24-23(30)21-10-11-22(28-27-21)26-14-19-4-2-3-5-20(19)18-8-6-17(7-9-18)15-29-13-12-25-16-29/h2-13,16H,14-15H2,1H3,(H,24,30)(H,26,28). The number of nitrogens with zero attached hydrogens (tertiary/aromatic N) is 4. The lowest BCUT2D eigenvalue weighted by atomic mass is 9.98. The van der Waals surface area contributed by atoms with Crippen LogP contribution in [0.25, 0.3) is 11.1 Å². The van der Waals surface area contributed by atoms with Crippen molar-refractivity contribution in [2.75, 3.05) is 12.4 Å². The SMILES string of the molecule is CNC(=O)c1ccc(NCc2ccccc2-c2ccc(Cn3ccnc3)cc2)nn1. The molecule has 0 saturated heterocycles. The number of hydrogen-bond acceptors (Lipinski definition) is 5. The molecule has 2 aromatic heterocycles. The summed E-state index contributed by atoms with van der Waals surface area (Å²) in [6.45, 7) is 1.40. The van der Waals surface area contributed by atoms with Crippen LogP contribution >= 0.6 is 0 Å². The predicted octanol–water partition coefficient (Wildman–Crippen LogP) is 3.36. The largest absolute Gasteiger partial charge is 0.364 e. The minimum atomic E-state index is -0.254. The van der Waals surface area contributed by atoms with Gasteiger partial charge in [0.15, 0.2) is 5.69 Å². The molecule has 30 heavy (non-hydrogen) atoms. The topological polar surface area (TPSA) is 84.7 Å². The van der Waals surface area contributed by atoms with E-state index in [1.807, 2.05) is 29.2 Å². The third kappa shape index (κ3) is 4.52. The molecule has 1 amide bonds. The number of amides is 1.